The summed E-state index contributed by atoms with van der Waals surface area (Å²) in [5, 5.41) is 0. The second kappa shape index (κ2) is 15.3. The molecule has 4 rings (SSSR count). The van der Waals surface area contributed by atoms with Gasteiger partial charge in [0.25, 0.3) is 0 Å². The van der Waals surface area contributed by atoms with Crippen molar-refractivity contribution in [3.63, 3.8) is 0 Å². The highest BCUT2D eigenvalue weighted by atomic mass is 16.5. The monoisotopic (exact) mass is 508 g/mol. The number of esters is 1. The van der Waals surface area contributed by atoms with E-state index in [0.29, 0.717) is 0 Å². The Hall–Kier alpha value is -1.31. The summed E-state index contributed by atoms with van der Waals surface area (Å²) in [7, 11) is 0. The van der Waals surface area contributed by atoms with Gasteiger partial charge in [0.1, 0.15) is 5.75 Å². The Morgan fingerprint density at radius 2 is 1.19 bits per heavy atom. The van der Waals surface area contributed by atoms with Crippen molar-refractivity contribution in [2.45, 2.75) is 142 Å². The molecule has 3 saturated carbocycles. The van der Waals surface area contributed by atoms with Crippen LogP contribution in [0.15, 0.2) is 24.3 Å². The lowest BCUT2D eigenvalue weighted by atomic mass is 9.68. The summed E-state index contributed by atoms with van der Waals surface area (Å²) in [6.07, 6.45) is 26.9. The predicted molar refractivity (Wildman–Crippen MR) is 156 cm³/mol. The lowest BCUT2D eigenvalue weighted by Crippen LogP contribution is -2.26. The number of ether oxygens (including phenoxy) is 1. The quantitative estimate of drug-likeness (QED) is 0.159. The molecular weight excluding hydrogens is 452 g/mol. The molecule has 3 aliphatic carbocycles. The number of carbonyl (C=O) groups excluding carboxylic acids is 1. The smallest absolute Gasteiger partial charge is 0.314 e. The number of rotatable bonds is 12. The molecule has 3 aliphatic rings. The largest absolute Gasteiger partial charge is 0.426 e. The molecule has 0 unspecified atom stereocenters. The van der Waals surface area contributed by atoms with Gasteiger partial charge in [0.2, 0.25) is 0 Å². The van der Waals surface area contributed by atoms with Gasteiger partial charge in [-0.05, 0) is 111 Å². The van der Waals surface area contributed by atoms with Gasteiger partial charge in [-0.15, -0.1) is 0 Å². The molecular formula is C35H56O2. The van der Waals surface area contributed by atoms with Crippen LogP contribution < -0.4 is 4.74 Å². The SMILES string of the molecule is CCCCCC1CCC(C(=O)Oc2ccc(CCC3CCC(C4CCC(CCC)CC4)CC3)cc2)CC1. The normalized spacial score (nSPS) is 30.6. The van der Waals surface area contributed by atoms with Crippen LogP contribution in [-0.2, 0) is 11.2 Å². The topological polar surface area (TPSA) is 26.3 Å². The number of hydrogen-bond donors (Lipinski definition) is 0. The van der Waals surface area contributed by atoms with Crippen molar-refractivity contribution in [2.75, 3.05) is 0 Å². The first-order valence-electron chi connectivity index (χ1n) is 16.4. The number of carbonyl (C=O) groups is 1. The zero-order valence-corrected chi connectivity index (χ0v) is 24.2. The van der Waals surface area contributed by atoms with Gasteiger partial charge in [-0.1, -0.05) is 90.2 Å². The van der Waals surface area contributed by atoms with E-state index in [2.05, 4.69) is 26.0 Å². The molecule has 1 aromatic rings. The second-order valence-electron chi connectivity index (χ2n) is 13.2. The lowest BCUT2D eigenvalue weighted by Gasteiger charge is -2.38. The van der Waals surface area contributed by atoms with Gasteiger partial charge in [-0.2, -0.15) is 0 Å². The molecule has 0 saturated heterocycles. The van der Waals surface area contributed by atoms with Crippen molar-refractivity contribution in [3.05, 3.63) is 29.8 Å². The molecule has 0 heterocycles. The van der Waals surface area contributed by atoms with Crippen LogP contribution in [0.2, 0.25) is 0 Å². The first kappa shape index (κ1) is 28.7. The fraction of sp³-hybridized carbons (Fsp3) is 0.800. The van der Waals surface area contributed by atoms with E-state index in [1.54, 1.807) is 0 Å². The highest BCUT2D eigenvalue weighted by molar-refractivity contribution is 5.75. The minimum absolute atomic E-state index is 0.00429. The van der Waals surface area contributed by atoms with Crippen LogP contribution >= 0.6 is 0 Å². The molecule has 0 bridgehead atoms. The number of aryl methyl sites for hydroxylation is 1. The van der Waals surface area contributed by atoms with Crippen LogP contribution in [0.1, 0.15) is 141 Å². The van der Waals surface area contributed by atoms with Crippen LogP contribution in [0.5, 0.6) is 5.75 Å². The average molecular weight is 509 g/mol. The Morgan fingerprint density at radius 1 is 0.649 bits per heavy atom. The van der Waals surface area contributed by atoms with Crippen molar-refractivity contribution < 1.29 is 9.53 Å². The van der Waals surface area contributed by atoms with Gasteiger partial charge in [-0.25, -0.2) is 0 Å². The van der Waals surface area contributed by atoms with Gasteiger partial charge in [0.15, 0.2) is 0 Å². The van der Waals surface area contributed by atoms with Crippen molar-refractivity contribution in [1.82, 2.24) is 0 Å². The third-order valence-electron chi connectivity index (χ3n) is 10.5. The zero-order chi connectivity index (χ0) is 25.9. The molecule has 1 aromatic carbocycles. The third-order valence-corrected chi connectivity index (χ3v) is 10.5. The Bertz CT molecular complexity index is 759. The van der Waals surface area contributed by atoms with Crippen LogP contribution in [-0.4, -0.2) is 5.97 Å². The van der Waals surface area contributed by atoms with E-state index >= 15 is 0 Å². The fourth-order valence-electron chi connectivity index (χ4n) is 7.97. The van der Waals surface area contributed by atoms with Gasteiger partial charge in [0.05, 0.1) is 5.92 Å². The predicted octanol–water partition coefficient (Wildman–Crippen LogP) is 10.3. The number of benzene rings is 1. The summed E-state index contributed by atoms with van der Waals surface area (Å²) in [6, 6.07) is 8.42. The molecule has 0 atom stereocenters. The fourth-order valence-corrected chi connectivity index (χ4v) is 7.97. The van der Waals surface area contributed by atoms with Crippen LogP contribution in [0.4, 0.5) is 0 Å². The van der Waals surface area contributed by atoms with Crippen LogP contribution in [0.3, 0.4) is 0 Å². The van der Waals surface area contributed by atoms with Crippen molar-refractivity contribution in [3.8, 4) is 5.75 Å². The number of unbranched alkanes of at least 4 members (excludes halogenated alkanes) is 2. The Balaban J connectivity index is 1.11. The third kappa shape index (κ3) is 9.14. The minimum Gasteiger partial charge on any atom is -0.426 e. The summed E-state index contributed by atoms with van der Waals surface area (Å²) in [4.78, 5) is 12.7. The van der Waals surface area contributed by atoms with E-state index in [1.807, 2.05) is 12.1 Å². The Labute approximate surface area is 228 Å². The van der Waals surface area contributed by atoms with E-state index in [9.17, 15) is 4.79 Å². The van der Waals surface area contributed by atoms with Crippen LogP contribution in [0, 0.1) is 35.5 Å². The van der Waals surface area contributed by atoms with Gasteiger partial charge in [-0.3, -0.25) is 4.79 Å². The second-order valence-corrected chi connectivity index (χ2v) is 13.2. The van der Waals surface area contributed by atoms with Gasteiger partial charge >= 0.3 is 5.97 Å². The Morgan fingerprint density at radius 3 is 1.76 bits per heavy atom. The maximum Gasteiger partial charge on any atom is 0.314 e. The molecule has 0 N–H and O–H groups in total. The number of hydrogen-bond acceptors (Lipinski definition) is 2. The van der Waals surface area contributed by atoms with Crippen molar-refractivity contribution >= 4 is 5.97 Å². The Kier molecular flexibility index (Phi) is 11.9. The molecule has 0 amide bonds. The average Bonchev–Trinajstić information content (AvgIpc) is 2.94. The molecule has 208 valence electrons. The molecule has 37 heavy (non-hydrogen) atoms. The molecule has 0 aliphatic heterocycles. The molecule has 0 aromatic heterocycles. The summed E-state index contributed by atoms with van der Waals surface area (Å²) in [5.74, 6) is 5.64. The first-order valence-corrected chi connectivity index (χ1v) is 16.4. The van der Waals surface area contributed by atoms with Gasteiger partial charge in [0, 0.05) is 0 Å². The van der Waals surface area contributed by atoms with E-state index in [1.165, 1.54) is 115 Å². The molecule has 0 spiro atoms. The van der Waals surface area contributed by atoms with Crippen molar-refractivity contribution in [1.29, 1.82) is 0 Å². The van der Waals surface area contributed by atoms with E-state index in [0.717, 1.165) is 54.6 Å². The minimum atomic E-state index is -0.00429. The highest BCUT2D eigenvalue weighted by Crippen LogP contribution is 2.43. The highest BCUT2D eigenvalue weighted by Gasteiger charge is 2.31. The molecule has 2 heteroatoms. The van der Waals surface area contributed by atoms with E-state index in [4.69, 9.17) is 4.74 Å². The summed E-state index contributed by atoms with van der Waals surface area (Å²) >= 11 is 0. The lowest BCUT2D eigenvalue weighted by molar-refractivity contribution is -0.140. The summed E-state index contributed by atoms with van der Waals surface area (Å²) in [6.45, 7) is 4.61. The summed E-state index contributed by atoms with van der Waals surface area (Å²) < 4.78 is 5.79. The maximum atomic E-state index is 12.7. The van der Waals surface area contributed by atoms with Crippen LogP contribution in [0.25, 0.3) is 0 Å². The molecule has 3 fully saturated rings. The van der Waals surface area contributed by atoms with E-state index < -0.39 is 0 Å². The van der Waals surface area contributed by atoms with Gasteiger partial charge < -0.3 is 4.74 Å². The zero-order valence-electron chi connectivity index (χ0n) is 24.2. The standard InChI is InChI=1S/C35H56O2/c1-3-5-6-8-28-15-23-33(24-16-28)35(36)37-34-25-17-30(18-26-34)10-9-29-13-21-32(22-14-29)31-19-11-27(7-4-2)12-20-31/h17-18,25-29,31-33H,3-16,19-24H2,1-2H3. The maximum absolute atomic E-state index is 12.7. The van der Waals surface area contributed by atoms with E-state index in [-0.39, 0.29) is 11.9 Å². The summed E-state index contributed by atoms with van der Waals surface area (Å²) in [5.41, 5.74) is 1.39. The first-order chi connectivity index (χ1) is 18.1. The van der Waals surface area contributed by atoms with Crippen molar-refractivity contribution in [2.24, 2.45) is 35.5 Å². The molecule has 2 nitrogen and oxygen atoms in total. The molecule has 0 radical (unpaired) electrons.